The fourth-order valence-electron chi connectivity index (χ4n) is 7.00. The molecule has 1 aliphatic heterocycles. The lowest BCUT2D eigenvalue weighted by Crippen LogP contribution is -2.31. The highest BCUT2D eigenvalue weighted by molar-refractivity contribution is 6.01. The topological polar surface area (TPSA) is 101 Å². The monoisotopic (exact) mass is 671 g/mol. The number of hydrogen-bond donors (Lipinski definition) is 0. The number of hydrogen-bond acceptors (Lipinski definition) is 8. The van der Waals surface area contributed by atoms with E-state index in [1.165, 1.54) is 27.8 Å². The first kappa shape index (κ1) is 36.4. The highest BCUT2D eigenvalue weighted by atomic mass is 16.7. The minimum atomic E-state index is -0.568. The van der Waals surface area contributed by atoms with E-state index < -0.39 is 17.8 Å². The van der Waals surface area contributed by atoms with Crippen LogP contribution in [0.25, 0.3) is 22.3 Å². The molecule has 0 unspecified atom stereocenters. The lowest BCUT2D eigenvalue weighted by Gasteiger charge is -2.33. The lowest BCUT2D eigenvalue weighted by molar-refractivity contribution is -0.197. The molecule has 2 aliphatic rings. The Labute approximate surface area is 289 Å². The van der Waals surface area contributed by atoms with E-state index in [1.54, 1.807) is 14.2 Å². The Hall–Kier alpha value is -3.89. The van der Waals surface area contributed by atoms with Crippen molar-refractivity contribution in [3.8, 4) is 22.3 Å². The Bertz CT molecular complexity index is 1550. The Morgan fingerprint density at radius 3 is 1.88 bits per heavy atom. The van der Waals surface area contributed by atoms with Crippen LogP contribution < -0.4 is 0 Å². The third-order valence-corrected chi connectivity index (χ3v) is 9.50. The standard InChI is InChI=1S/C40H49NO8/c1-29-9-15-33-34-16-14-32(31-12-10-30(11-13-31)7-4-8-39(44)49-41-37(42)17-18-38(41)43)28-36(34)40(35(33)27-29,19-5-21-47-25-23-45-2)20-6-22-48-26-24-46-3/h9-16,27-28H,4-8,17-26H2,1-3H3. The van der Waals surface area contributed by atoms with Crippen LogP contribution in [0.4, 0.5) is 0 Å². The van der Waals surface area contributed by atoms with Gasteiger partial charge in [-0.2, -0.15) is 0 Å². The quantitative estimate of drug-likeness (QED) is 0.0962. The molecule has 0 spiro atoms. The van der Waals surface area contributed by atoms with Gasteiger partial charge < -0.3 is 23.8 Å². The average molecular weight is 672 g/mol. The molecule has 0 radical (unpaired) electrons. The molecule has 0 N–H and O–H groups in total. The predicted octanol–water partition coefficient (Wildman–Crippen LogP) is 6.74. The summed E-state index contributed by atoms with van der Waals surface area (Å²) in [5.74, 6) is -1.49. The highest BCUT2D eigenvalue weighted by Crippen LogP contribution is 2.54. The molecule has 0 saturated carbocycles. The van der Waals surface area contributed by atoms with Crippen LogP contribution in [0.2, 0.25) is 0 Å². The van der Waals surface area contributed by atoms with Crippen LogP contribution in [0.1, 0.15) is 73.6 Å². The number of methoxy groups -OCH3 is 2. The molecule has 3 aromatic carbocycles. The van der Waals surface area contributed by atoms with E-state index in [1.807, 2.05) is 0 Å². The number of benzene rings is 3. The molecule has 3 aromatic rings. The minimum absolute atomic E-state index is 0.0881. The summed E-state index contributed by atoms with van der Waals surface area (Å²) in [7, 11) is 3.38. The zero-order valence-electron chi connectivity index (χ0n) is 29.1. The minimum Gasteiger partial charge on any atom is -0.382 e. The lowest BCUT2D eigenvalue weighted by atomic mass is 9.71. The number of aryl methyl sites for hydroxylation is 2. The zero-order chi connectivity index (χ0) is 34.6. The Morgan fingerprint density at radius 2 is 1.27 bits per heavy atom. The molecule has 9 heteroatoms. The number of nitrogens with zero attached hydrogens (tertiary/aromatic N) is 1. The molecule has 1 fully saturated rings. The van der Waals surface area contributed by atoms with Crippen molar-refractivity contribution in [2.45, 2.75) is 70.1 Å². The molecule has 0 atom stereocenters. The van der Waals surface area contributed by atoms with Gasteiger partial charge in [-0.1, -0.05) is 60.2 Å². The van der Waals surface area contributed by atoms with Crippen LogP contribution in [0, 0.1) is 6.92 Å². The number of ether oxygens (including phenoxy) is 4. The SMILES string of the molecule is COCCOCCCC1(CCCOCCOC)c2cc(C)ccc2-c2ccc(-c3ccc(CCCC(=O)ON4C(=O)CCC4=O)cc3)cc21. The van der Waals surface area contributed by atoms with Gasteiger partial charge in [-0.05, 0) is 90.5 Å². The predicted molar refractivity (Wildman–Crippen MR) is 187 cm³/mol. The molecule has 49 heavy (non-hydrogen) atoms. The second-order valence-corrected chi connectivity index (χ2v) is 12.9. The number of fused-ring (bicyclic) bond motifs is 3. The highest BCUT2D eigenvalue weighted by Gasteiger charge is 2.42. The van der Waals surface area contributed by atoms with Crippen molar-refractivity contribution in [2.75, 3.05) is 53.9 Å². The number of imide groups is 1. The van der Waals surface area contributed by atoms with Gasteiger partial charge in [-0.25, -0.2) is 4.79 Å². The van der Waals surface area contributed by atoms with Gasteiger partial charge in [0.15, 0.2) is 0 Å². The summed E-state index contributed by atoms with van der Waals surface area (Å²) in [5, 5.41) is 0.607. The van der Waals surface area contributed by atoms with E-state index in [0.717, 1.165) is 42.4 Å². The molecule has 0 aromatic heterocycles. The van der Waals surface area contributed by atoms with Crippen LogP contribution >= 0.6 is 0 Å². The van der Waals surface area contributed by atoms with E-state index >= 15 is 0 Å². The third kappa shape index (κ3) is 9.02. The molecular formula is C40H49NO8. The zero-order valence-corrected chi connectivity index (χ0v) is 29.1. The van der Waals surface area contributed by atoms with E-state index in [-0.39, 0.29) is 24.7 Å². The molecule has 262 valence electrons. The molecule has 1 heterocycles. The average Bonchev–Trinajstić information content (AvgIpc) is 3.56. The molecule has 2 amide bonds. The van der Waals surface area contributed by atoms with Gasteiger partial charge in [0.25, 0.3) is 11.8 Å². The fourth-order valence-corrected chi connectivity index (χ4v) is 7.00. The van der Waals surface area contributed by atoms with Crippen LogP contribution in [0.3, 0.4) is 0 Å². The van der Waals surface area contributed by atoms with Crippen molar-refractivity contribution in [3.05, 3.63) is 82.9 Å². The van der Waals surface area contributed by atoms with E-state index in [9.17, 15) is 14.4 Å². The smallest absolute Gasteiger partial charge is 0.333 e. The molecule has 1 aliphatic carbocycles. The normalized spacial score (nSPS) is 14.7. The third-order valence-electron chi connectivity index (χ3n) is 9.50. The van der Waals surface area contributed by atoms with Gasteiger partial charge in [0, 0.05) is 52.1 Å². The first-order chi connectivity index (χ1) is 23.9. The Kier molecular flexibility index (Phi) is 13.1. The van der Waals surface area contributed by atoms with Gasteiger partial charge in [-0.15, -0.1) is 5.06 Å². The van der Waals surface area contributed by atoms with Gasteiger partial charge in [0.2, 0.25) is 0 Å². The van der Waals surface area contributed by atoms with Crippen LogP contribution in [-0.2, 0) is 50.0 Å². The van der Waals surface area contributed by atoms with Crippen molar-refractivity contribution >= 4 is 17.8 Å². The molecule has 1 saturated heterocycles. The molecule has 0 bridgehead atoms. The fraction of sp³-hybridized carbons (Fsp3) is 0.475. The Balaban J connectivity index is 1.32. The van der Waals surface area contributed by atoms with E-state index in [4.69, 9.17) is 23.8 Å². The van der Waals surface area contributed by atoms with Crippen LogP contribution in [0.15, 0.2) is 60.7 Å². The number of amides is 2. The van der Waals surface area contributed by atoms with E-state index in [0.29, 0.717) is 57.5 Å². The van der Waals surface area contributed by atoms with Crippen molar-refractivity contribution in [3.63, 3.8) is 0 Å². The summed E-state index contributed by atoms with van der Waals surface area (Å²) in [6.07, 6.45) is 5.32. The molecule has 5 rings (SSSR count). The summed E-state index contributed by atoms with van der Waals surface area (Å²) < 4.78 is 22.2. The first-order valence-electron chi connectivity index (χ1n) is 17.4. The van der Waals surface area contributed by atoms with Crippen molar-refractivity contribution in [1.29, 1.82) is 0 Å². The summed E-state index contributed by atoms with van der Waals surface area (Å²) in [5.41, 5.74) is 9.83. The maximum absolute atomic E-state index is 12.2. The van der Waals surface area contributed by atoms with Gasteiger partial charge in [-0.3, -0.25) is 9.59 Å². The maximum atomic E-state index is 12.2. The number of carbonyl (C=O) groups excluding carboxylic acids is 3. The van der Waals surface area contributed by atoms with Gasteiger partial charge in [0.1, 0.15) is 0 Å². The largest absolute Gasteiger partial charge is 0.382 e. The van der Waals surface area contributed by atoms with E-state index in [2.05, 4.69) is 67.6 Å². The van der Waals surface area contributed by atoms with Crippen LogP contribution in [-0.4, -0.2) is 76.7 Å². The summed E-state index contributed by atoms with van der Waals surface area (Å²) in [6.45, 7) is 5.89. The molecule has 9 nitrogen and oxygen atoms in total. The summed E-state index contributed by atoms with van der Waals surface area (Å²) in [4.78, 5) is 40.7. The summed E-state index contributed by atoms with van der Waals surface area (Å²) in [6, 6.07) is 22.2. The second kappa shape index (κ2) is 17.7. The summed E-state index contributed by atoms with van der Waals surface area (Å²) >= 11 is 0. The van der Waals surface area contributed by atoms with Crippen molar-refractivity contribution in [2.24, 2.45) is 0 Å². The Morgan fingerprint density at radius 1 is 0.694 bits per heavy atom. The van der Waals surface area contributed by atoms with Gasteiger partial charge >= 0.3 is 5.97 Å². The second-order valence-electron chi connectivity index (χ2n) is 12.9. The number of rotatable bonds is 20. The number of hydroxylamine groups is 2. The first-order valence-corrected chi connectivity index (χ1v) is 17.4. The van der Waals surface area contributed by atoms with Gasteiger partial charge in [0.05, 0.1) is 26.4 Å². The number of carbonyl (C=O) groups is 3. The maximum Gasteiger partial charge on any atom is 0.333 e. The van der Waals surface area contributed by atoms with Crippen molar-refractivity contribution in [1.82, 2.24) is 5.06 Å². The van der Waals surface area contributed by atoms with Crippen LogP contribution in [0.5, 0.6) is 0 Å². The molecular weight excluding hydrogens is 622 g/mol. The van der Waals surface area contributed by atoms with Crippen molar-refractivity contribution < 1.29 is 38.2 Å².